The van der Waals surface area contributed by atoms with E-state index in [1.807, 2.05) is 43.3 Å². The van der Waals surface area contributed by atoms with Gasteiger partial charge in [-0.15, -0.1) is 0 Å². The molecular weight excluding hydrogens is 377 g/mol. The first-order valence-electron chi connectivity index (χ1n) is 9.09. The maximum absolute atomic E-state index is 12.8. The van der Waals surface area contributed by atoms with Crippen molar-refractivity contribution in [2.24, 2.45) is 5.73 Å². The van der Waals surface area contributed by atoms with Crippen molar-refractivity contribution in [2.75, 3.05) is 0 Å². The van der Waals surface area contributed by atoms with Crippen LogP contribution in [0.15, 0.2) is 73.1 Å². The van der Waals surface area contributed by atoms with Gasteiger partial charge < -0.3 is 5.73 Å². The van der Waals surface area contributed by atoms with Crippen LogP contribution in [0.2, 0.25) is 0 Å². The molecule has 0 aliphatic carbocycles. The Morgan fingerprint density at radius 3 is 2.31 bits per heavy atom. The predicted molar refractivity (Wildman–Crippen MR) is 105 cm³/mol. The Morgan fingerprint density at radius 1 is 0.966 bits per heavy atom. The number of hydrogen-bond acceptors (Lipinski definition) is 3. The van der Waals surface area contributed by atoms with Gasteiger partial charge in [0.1, 0.15) is 0 Å². The molecule has 2 aromatic heterocycles. The minimum absolute atomic E-state index is 0.548. The highest BCUT2D eigenvalue weighted by molar-refractivity contribution is 5.77. The molecule has 0 amide bonds. The van der Waals surface area contributed by atoms with Crippen molar-refractivity contribution in [3.05, 3.63) is 89.9 Å². The van der Waals surface area contributed by atoms with Crippen LogP contribution in [0, 0.1) is 0 Å². The van der Waals surface area contributed by atoms with Crippen molar-refractivity contribution in [2.45, 2.75) is 25.1 Å². The van der Waals surface area contributed by atoms with E-state index < -0.39 is 17.3 Å². The third-order valence-electron chi connectivity index (χ3n) is 4.92. The normalized spacial score (nSPS) is 14.1. The first kappa shape index (κ1) is 19.1. The van der Waals surface area contributed by atoms with E-state index in [-0.39, 0.29) is 0 Å². The fourth-order valence-corrected chi connectivity index (χ4v) is 3.48. The van der Waals surface area contributed by atoms with Crippen LogP contribution in [0.3, 0.4) is 0 Å². The number of hydrogen-bond donors (Lipinski definition) is 1. The first-order chi connectivity index (χ1) is 13.8. The monoisotopic (exact) mass is 396 g/mol. The largest absolute Gasteiger partial charge is 0.416 e. The maximum Gasteiger partial charge on any atom is 0.416 e. The molecule has 2 heterocycles. The van der Waals surface area contributed by atoms with E-state index >= 15 is 0 Å². The van der Waals surface area contributed by atoms with Gasteiger partial charge in [-0.05, 0) is 42.7 Å². The molecule has 0 saturated heterocycles. The lowest BCUT2D eigenvalue weighted by atomic mass is 9.90. The topological polar surface area (TPSA) is 56.2 Å². The molecule has 4 rings (SSSR count). The zero-order valence-corrected chi connectivity index (χ0v) is 15.7. The molecular formula is C22H19F3N4. The second-order valence-electron chi connectivity index (χ2n) is 7.28. The third-order valence-corrected chi connectivity index (χ3v) is 4.92. The molecule has 0 aliphatic heterocycles. The first-order valence-corrected chi connectivity index (χ1v) is 9.09. The Labute approximate surface area is 165 Å². The minimum atomic E-state index is -4.37. The van der Waals surface area contributed by atoms with E-state index in [2.05, 4.69) is 10.1 Å². The number of aromatic nitrogens is 3. The molecule has 7 heteroatoms. The van der Waals surface area contributed by atoms with Crippen LogP contribution < -0.4 is 5.73 Å². The highest BCUT2D eigenvalue weighted by Crippen LogP contribution is 2.32. The number of benzene rings is 2. The molecule has 0 radical (unpaired) electrons. The summed E-state index contributed by atoms with van der Waals surface area (Å²) in [6.07, 6.45) is -0.519. The average Bonchev–Trinajstić information content (AvgIpc) is 3.12. The molecule has 148 valence electrons. The van der Waals surface area contributed by atoms with Gasteiger partial charge in [0.25, 0.3) is 0 Å². The van der Waals surface area contributed by atoms with Gasteiger partial charge in [-0.25, -0.2) is 9.50 Å². The molecule has 1 atom stereocenters. The van der Waals surface area contributed by atoms with Crippen molar-refractivity contribution in [3.63, 3.8) is 0 Å². The van der Waals surface area contributed by atoms with Crippen molar-refractivity contribution in [1.29, 1.82) is 0 Å². The van der Waals surface area contributed by atoms with Gasteiger partial charge in [0.15, 0.2) is 5.65 Å². The van der Waals surface area contributed by atoms with E-state index in [0.29, 0.717) is 23.2 Å². The molecule has 29 heavy (non-hydrogen) atoms. The number of fused-ring (bicyclic) bond motifs is 1. The van der Waals surface area contributed by atoms with Gasteiger partial charge >= 0.3 is 6.18 Å². The molecule has 2 N–H and O–H groups in total. The van der Waals surface area contributed by atoms with Crippen LogP contribution in [0.5, 0.6) is 0 Å². The summed E-state index contributed by atoms with van der Waals surface area (Å²) in [6.45, 7) is 1.92. The number of nitrogens with two attached hydrogens (primary N) is 1. The summed E-state index contributed by atoms with van der Waals surface area (Å²) in [4.78, 5) is 4.39. The van der Waals surface area contributed by atoms with Crippen molar-refractivity contribution >= 4 is 5.65 Å². The lowest BCUT2D eigenvalue weighted by molar-refractivity contribution is -0.137. The van der Waals surface area contributed by atoms with Crippen LogP contribution in [-0.4, -0.2) is 14.6 Å². The Bertz CT molecular complexity index is 1130. The molecule has 2 aromatic carbocycles. The highest BCUT2D eigenvalue weighted by atomic mass is 19.4. The van der Waals surface area contributed by atoms with Crippen LogP contribution in [0.1, 0.15) is 23.7 Å². The van der Waals surface area contributed by atoms with E-state index in [4.69, 9.17) is 5.73 Å². The maximum atomic E-state index is 12.8. The summed E-state index contributed by atoms with van der Waals surface area (Å²) < 4.78 is 40.2. The highest BCUT2D eigenvalue weighted by Gasteiger charge is 2.30. The summed E-state index contributed by atoms with van der Waals surface area (Å²) in [5.41, 5.74) is 8.90. The standard InChI is InChI=1S/C22H19F3N4/c1-21(26,13-15-5-3-2-4-6-15)19-11-12-27-20-18(14-28-29(19)20)16-7-9-17(10-8-16)22(23,24)25/h2-12,14H,13,26H2,1H3. The van der Waals surface area contributed by atoms with E-state index in [0.717, 1.165) is 23.4 Å². The Balaban J connectivity index is 1.73. The van der Waals surface area contributed by atoms with E-state index in [1.54, 1.807) is 16.9 Å². The van der Waals surface area contributed by atoms with Gasteiger partial charge in [0, 0.05) is 11.8 Å². The summed E-state index contributed by atoms with van der Waals surface area (Å²) >= 11 is 0. The van der Waals surface area contributed by atoms with Gasteiger partial charge in [0.05, 0.1) is 23.0 Å². The third kappa shape index (κ3) is 3.73. The zero-order valence-electron chi connectivity index (χ0n) is 15.7. The number of rotatable bonds is 4. The number of nitrogens with zero attached hydrogens (tertiary/aromatic N) is 3. The van der Waals surface area contributed by atoms with Gasteiger partial charge in [-0.3, -0.25) is 0 Å². The summed E-state index contributed by atoms with van der Waals surface area (Å²) in [5, 5.41) is 4.43. The van der Waals surface area contributed by atoms with Crippen molar-refractivity contribution in [3.8, 4) is 11.1 Å². The zero-order chi connectivity index (χ0) is 20.6. The molecule has 0 bridgehead atoms. The van der Waals surface area contributed by atoms with Crippen LogP contribution in [0.4, 0.5) is 13.2 Å². The summed E-state index contributed by atoms with van der Waals surface area (Å²) in [5.74, 6) is 0. The van der Waals surface area contributed by atoms with Gasteiger partial charge in [0.2, 0.25) is 0 Å². The fraction of sp³-hybridized carbons (Fsp3) is 0.182. The molecule has 0 saturated carbocycles. The smallest absolute Gasteiger partial charge is 0.320 e. The van der Waals surface area contributed by atoms with Crippen LogP contribution >= 0.6 is 0 Å². The summed E-state index contributed by atoms with van der Waals surface area (Å²) in [6, 6.07) is 16.7. The molecule has 0 aliphatic rings. The Hall–Kier alpha value is -3.19. The van der Waals surface area contributed by atoms with E-state index in [1.165, 1.54) is 12.1 Å². The van der Waals surface area contributed by atoms with Crippen molar-refractivity contribution < 1.29 is 13.2 Å². The second-order valence-corrected chi connectivity index (χ2v) is 7.28. The minimum Gasteiger partial charge on any atom is -0.320 e. The molecule has 0 fully saturated rings. The molecule has 4 nitrogen and oxygen atoms in total. The predicted octanol–water partition coefficient (Wildman–Crippen LogP) is 4.83. The van der Waals surface area contributed by atoms with Crippen LogP contribution in [0.25, 0.3) is 16.8 Å². The lowest BCUT2D eigenvalue weighted by Crippen LogP contribution is -2.37. The average molecular weight is 396 g/mol. The molecule has 4 aromatic rings. The SMILES string of the molecule is CC(N)(Cc1ccccc1)c1ccnc2c(-c3ccc(C(F)(F)F)cc3)cnn12. The lowest BCUT2D eigenvalue weighted by Gasteiger charge is -2.25. The summed E-state index contributed by atoms with van der Waals surface area (Å²) in [7, 11) is 0. The Morgan fingerprint density at radius 2 is 1.66 bits per heavy atom. The van der Waals surface area contributed by atoms with Crippen LogP contribution in [-0.2, 0) is 18.1 Å². The quantitative estimate of drug-likeness (QED) is 0.537. The number of alkyl halides is 3. The fourth-order valence-electron chi connectivity index (χ4n) is 3.48. The number of halogens is 3. The second kappa shape index (κ2) is 7.00. The molecule has 0 spiro atoms. The van der Waals surface area contributed by atoms with Gasteiger partial charge in [-0.1, -0.05) is 42.5 Å². The molecule has 1 unspecified atom stereocenters. The Kier molecular flexibility index (Phi) is 4.62. The van der Waals surface area contributed by atoms with Crippen molar-refractivity contribution in [1.82, 2.24) is 14.6 Å². The van der Waals surface area contributed by atoms with E-state index in [9.17, 15) is 13.2 Å². The van der Waals surface area contributed by atoms with Gasteiger partial charge in [-0.2, -0.15) is 18.3 Å².